The Morgan fingerprint density at radius 3 is 1.53 bits per heavy atom. The minimum atomic E-state index is 1.07. The Hall–Kier alpha value is -6.58. The lowest BCUT2D eigenvalue weighted by Crippen LogP contribution is -1.97. The van der Waals surface area contributed by atoms with Crippen LogP contribution in [0.3, 0.4) is 0 Å². The third kappa shape index (κ3) is 3.57. The summed E-state index contributed by atoms with van der Waals surface area (Å²) in [6, 6.07) is 54.2. The summed E-state index contributed by atoms with van der Waals surface area (Å²) in [5.41, 5.74) is 16.0. The van der Waals surface area contributed by atoms with Crippen molar-refractivity contribution in [1.82, 2.24) is 13.4 Å². The van der Waals surface area contributed by atoms with Crippen LogP contribution in [0.1, 0.15) is 18.4 Å². The SMILES string of the molecule is C1=CC(c2cc(-c3ccccc3)cc(-n3c4ccc5c6ccccc6n6c7ccccc7n7c8ccccc8c8ccc3c(c4c56)c87)c2)=CCC1. The van der Waals surface area contributed by atoms with Crippen LogP contribution in [0.2, 0.25) is 0 Å². The van der Waals surface area contributed by atoms with Crippen LogP contribution in [0.5, 0.6) is 0 Å². The smallest absolute Gasteiger partial charge is 0.0703 e. The van der Waals surface area contributed by atoms with Crippen LogP contribution in [-0.4, -0.2) is 13.4 Å². The number of fused-ring (bicyclic) bond motifs is 9. The fourth-order valence-corrected chi connectivity index (χ4v) is 9.24. The number of hydrogen-bond acceptors (Lipinski definition) is 0. The average molecular weight is 650 g/mol. The van der Waals surface area contributed by atoms with Crippen LogP contribution in [0, 0.1) is 0 Å². The quantitative estimate of drug-likeness (QED) is 0.181. The van der Waals surface area contributed by atoms with Crippen molar-refractivity contribution in [2.45, 2.75) is 12.8 Å². The second kappa shape index (κ2) is 9.99. The Balaban J connectivity index is 1.36. The Morgan fingerprint density at radius 1 is 0.392 bits per heavy atom. The van der Waals surface area contributed by atoms with E-state index in [1.54, 1.807) is 0 Å². The van der Waals surface area contributed by atoms with Gasteiger partial charge < -0.3 is 13.4 Å². The van der Waals surface area contributed by atoms with Crippen LogP contribution >= 0.6 is 0 Å². The predicted octanol–water partition coefficient (Wildman–Crippen LogP) is 12.7. The van der Waals surface area contributed by atoms with Crippen LogP contribution in [-0.2, 0) is 0 Å². The molecule has 1 aliphatic carbocycles. The lowest BCUT2D eigenvalue weighted by atomic mass is 9.95. The highest BCUT2D eigenvalue weighted by Crippen LogP contribution is 2.47. The van der Waals surface area contributed by atoms with Gasteiger partial charge in [-0.05, 0) is 89.7 Å². The first-order valence-corrected chi connectivity index (χ1v) is 17.9. The lowest BCUT2D eigenvalue weighted by Gasteiger charge is -2.15. The van der Waals surface area contributed by atoms with Gasteiger partial charge in [0.1, 0.15) is 0 Å². The molecule has 4 heterocycles. The molecule has 7 aromatic carbocycles. The summed E-state index contributed by atoms with van der Waals surface area (Å²) < 4.78 is 7.60. The zero-order chi connectivity index (χ0) is 33.2. The average Bonchev–Trinajstić information content (AvgIpc) is 3.83. The fourth-order valence-electron chi connectivity index (χ4n) is 9.24. The van der Waals surface area contributed by atoms with Crippen LogP contribution in [0.4, 0.5) is 0 Å². The van der Waals surface area contributed by atoms with E-state index in [9.17, 15) is 0 Å². The van der Waals surface area contributed by atoms with E-state index in [0.717, 1.165) is 12.8 Å². The zero-order valence-electron chi connectivity index (χ0n) is 27.8. The summed E-state index contributed by atoms with van der Waals surface area (Å²) in [6.45, 7) is 0. The first-order chi connectivity index (χ1) is 25.3. The van der Waals surface area contributed by atoms with E-state index in [2.05, 4.69) is 177 Å². The Bertz CT molecular complexity index is 3130. The van der Waals surface area contributed by atoms with E-state index < -0.39 is 0 Å². The first kappa shape index (κ1) is 27.3. The molecule has 0 atom stereocenters. The van der Waals surface area contributed by atoms with Crippen molar-refractivity contribution < 1.29 is 0 Å². The van der Waals surface area contributed by atoms with Crippen LogP contribution < -0.4 is 0 Å². The molecule has 0 saturated carbocycles. The zero-order valence-corrected chi connectivity index (χ0v) is 27.8. The van der Waals surface area contributed by atoms with Crippen molar-refractivity contribution in [3.05, 3.63) is 169 Å². The number of benzene rings is 7. The van der Waals surface area contributed by atoms with Gasteiger partial charge in [0, 0.05) is 38.0 Å². The standard InChI is InChI=1S/C48H31N3/c1-3-13-30(14-4-1)32-27-33(31-15-5-2-6-16-31)29-34(28-32)49-43-25-23-37-35-17-7-9-19-39(35)50-41-21-11-12-22-42(41)51-40-20-10-8-18-36(40)38-24-26-44(49)46(48(38)51)45(43)47(37)50/h1,3-5,7-29H,2,6H2. The van der Waals surface area contributed by atoms with Crippen molar-refractivity contribution >= 4 is 82.0 Å². The molecule has 0 unspecified atom stereocenters. The molecule has 1 aliphatic rings. The monoisotopic (exact) mass is 649 g/mol. The van der Waals surface area contributed by atoms with Crippen molar-refractivity contribution in [2.24, 2.45) is 0 Å². The van der Waals surface area contributed by atoms with Crippen molar-refractivity contribution in [2.75, 3.05) is 0 Å². The molecule has 3 heteroatoms. The maximum absolute atomic E-state index is 2.53. The number of para-hydroxylation sites is 4. The van der Waals surface area contributed by atoms with Gasteiger partial charge in [-0.1, -0.05) is 109 Å². The molecule has 0 N–H and O–H groups in total. The van der Waals surface area contributed by atoms with Gasteiger partial charge in [-0.15, -0.1) is 0 Å². The van der Waals surface area contributed by atoms with E-state index in [4.69, 9.17) is 0 Å². The van der Waals surface area contributed by atoms with Gasteiger partial charge in [0.05, 0.1) is 44.1 Å². The first-order valence-electron chi connectivity index (χ1n) is 17.9. The molecule has 0 aliphatic heterocycles. The molecular formula is C48H31N3. The van der Waals surface area contributed by atoms with Gasteiger partial charge in [-0.3, -0.25) is 0 Å². The second-order valence-corrected chi connectivity index (χ2v) is 14.0. The van der Waals surface area contributed by atoms with Crippen molar-refractivity contribution in [3.63, 3.8) is 0 Å². The third-order valence-electron chi connectivity index (χ3n) is 11.3. The molecular weight excluding hydrogens is 619 g/mol. The number of aromatic nitrogens is 3. The summed E-state index contributed by atoms with van der Waals surface area (Å²) >= 11 is 0. The summed E-state index contributed by atoms with van der Waals surface area (Å²) in [6.07, 6.45) is 9.16. The second-order valence-electron chi connectivity index (χ2n) is 14.0. The third-order valence-corrected chi connectivity index (χ3v) is 11.3. The van der Waals surface area contributed by atoms with Gasteiger partial charge in [0.15, 0.2) is 0 Å². The maximum Gasteiger partial charge on any atom is 0.0703 e. The van der Waals surface area contributed by atoms with E-state index in [1.165, 1.54) is 104 Å². The fraction of sp³-hybridized carbons (Fsp3) is 0.0417. The van der Waals surface area contributed by atoms with Gasteiger partial charge in [-0.2, -0.15) is 0 Å². The molecule has 238 valence electrons. The largest absolute Gasteiger partial charge is 0.309 e. The molecule has 3 nitrogen and oxygen atoms in total. The number of hydrogen-bond donors (Lipinski definition) is 0. The number of rotatable bonds is 3. The summed E-state index contributed by atoms with van der Waals surface area (Å²) in [4.78, 5) is 0. The van der Waals surface area contributed by atoms with E-state index in [1.807, 2.05) is 0 Å². The molecule has 0 bridgehead atoms. The molecule has 0 spiro atoms. The highest BCUT2D eigenvalue weighted by Gasteiger charge is 2.25. The van der Waals surface area contributed by atoms with Crippen molar-refractivity contribution in [3.8, 4) is 16.8 Å². The Kier molecular flexibility index (Phi) is 5.34. The van der Waals surface area contributed by atoms with Gasteiger partial charge >= 0.3 is 0 Å². The molecule has 0 radical (unpaired) electrons. The summed E-state index contributed by atoms with van der Waals surface area (Å²) in [5, 5.41) is 7.71. The van der Waals surface area contributed by atoms with Crippen LogP contribution in [0.25, 0.3) is 98.8 Å². The molecule has 51 heavy (non-hydrogen) atoms. The van der Waals surface area contributed by atoms with E-state index >= 15 is 0 Å². The van der Waals surface area contributed by atoms with Gasteiger partial charge in [0.2, 0.25) is 0 Å². The predicted molar refractivity (Wildman–Crippen MR) is 216 cm³/mol. The number of nitrogens with zero attached hydrogens (tertiary/aromatic N) is 3. The molecule has 11 aromatic rings. The minimum Gasteiger partial charge on any atom is -0.309 e. The van der Waals surface area contributed by atoms with E-state index in [0.29, 0.717) is 0 Å². The highest BCUT2D eigenvalue weighted by molar-refractivity contribution is 6.33. The normalized spacial score (nSPS) is 13.8. The minimum absolute atomic E-state index is 1.07. The number of allylic oxidation sites excluding steroid dienone is 4. The maximum atomic E-state index is 2.53. The molecule has 0 saturated heterocycles. The van der Waals surface area contributed by atoms with Gasteiger partial charge in [-0.25, -0.2) is 0 Å². The van der Waals surface area contributed by atoms with Crippen molar-refractivity contribution in [1.29, 1.82) is 0 Å². The summed E-state index contributed by atoms with van der Waals surface area (Å²) in [5.74, 6) is 0. The Labute approximate surface area is 293 Å². The van der Waals surface area contributed by atoms with Gasteiger partial charge in [0.25, 0.3) is 0 Å². The highest BCUT2D eigenvalue weighted by atomic mass is 15.0. The molecule has 4 aromatic heterocycles. The topological polar surface area (TPSA) is 13.8 Å². The molecule has 0 amide bonds. The van der Waals surface area contributed by atoms with Crippen LogP contribution in [0.15, 0.2) is 164 Å². The molecule has 0 fully saturated rings. The molecule has 12 rings (SSSR count). The summed E-state index contributed by atoms with van der Waals surface area (Å²) in [7, 11) is 0. The lowest BCUT2D eigenvalue weighted by molar-refractivity contribution is 1.04. The Morgan fingerprint density at radius 2 is 0.941 bits per heavy atom. The van der Waals surface area contributed by atoms with E-state index in [-0.39, 0.29) is 0 Å².